The van der Waals surface area contributed by atoms with Crippen LogP contribution in [0, 0.1) is 11.3 Å². The summed E-state index contributed by atoms with van der Waals surface area (Å²) >= 11 is 1.36. The molecule has 0 aliphatic carbocycles. The number of nitriles is 1. The molecule has 0 aliphatic heterocycles. The standard InChI is InChI=1S/C7H3NOS/c8-4-6(5-9)7-2-1-3-10-7/h1-3H. The van der Waals surface area contributed by atoms with Crippen LogP contribution in [-0.2, 0) is 4.79 Å². The summed E-state index contributed by atoms with van der Waals surface area (Å²) in [5, 5.41) is 10.2. The SMILES string of the molecule is N#CC(=C=O)c1cccs1. The number of rotatable bonds is 1. The van der Waals surface area contributed by atoms with Gasteiger partial charge in [-0.3, -0.25) is 0 Å². The minimum Gasteiger partial charge on any atom is -0.232 e. The van der Waals surface area contributed by atoms with E-state index in [0.717, 1.165) is 0 Å². The molecule has 0 atom stereocenters. The Hall–Kier alpha value is -1.36. The van der Waals surface area contributed by atoms with Crippen molar-refractivity contribution in [1.29, 1.82) is 5.26 Å². The third kappa shape index (κ3) is 1.14. The topological polar surface area (TPSA) is 40.9 Å². The molecule has 2 nitrogen and oxygen atoms in total. The molecule has 0 aromatic carbocycles. The van der Waals surface area contributed by atoms with E-state index in [1.54, 1.807) is 24.1 Å². The average Bonchev–Trinajstić information content (AvgIpc) is 2.43. The van der Waals surface area contributed by atoms with Crippen molar-refractivity contribution in [1.82, 2.24) is 0 Å². The molecule has 0 spiro atoms. The number of hydrogen-bond donors (Lipinski definition) is 0. The Morgan fingerprint density at radius 3 is 2.90 bits per heavy atom. The van der Waals surface area contributed by atoms with Gasteiger partial charge >= 0.3 is 0 Å². The fourth-order valence-electron chi connectivity index (χ4n) is 0.549. The maximum Gasteiger partial charge on any atom is 0.153 e. The predicted octanol–water partition coefficient (Wildman–Crippen LogP) is 1.49. The summed E-state index contributed by atoms with van der Waals surface area (Å²) < 4.78 is 0. The molecule has 1 aromatic rings. The molecule has 48 valence electrons. The fraction of sp³-hybridized carbons (Fsp3) is 0. The zero-order chi connectivity index (χ0) is 7.40. The van der Waals surface area contributed by atoms with Crippen LogP contribution in [0.4, 0.5) is 0 Å². The molecule has 0 bridgehead atoms. The minimum absolute atomic E-state index is 0.0787. The van der Waals surface area contributed by atoms with Crippen LogP contribution in [0.15, 0.2) is 17.5 Å². The second-order valence-corrected chi connectivity index (χ2v) is 2.51. The highest BCUT2D eigenvalue weighted by Crippen LogP contribution is 2.16. The van der Waals surface area contributed by atoms with Crippen molar-refractivity contribution in [2.24, 2.45) is 0 Å². The third-order valence-corrected chi connectivity index (χ3v) is 1.87. The van der Waals surface area contributed by atoms with Crippen LogP contribution in [0.25, 0.3) is 5.57 Å². The molecular formula is C7H3NOS. The van der Waals surface area contributed by atoms with Crippen molar-refractivity contribution >= 4 is 22.9 Å². The summed E-state index contributed by atoms with van der Waals surface area (Å²) in [5.74, 6) is 1.57. The van der Waals surface area contributed by atoms with Crippen molar-refractivity contribution in [2.45, 2.75) is 0 Å². The van der Waals surface area contributed by atoms with Gasteiger partial charge in [-0.2, -0.15) is 5.26 Å². The number of nitrogens with zero attached hydrogens (tertiary/aromatic N) is 1. The van der Waals surface area contributed by atoms with Crippen LogP contribution in [0.3, 0.4) is 0 Å². The largest absolute Gasteiger partial charge is 0.232 e. The lowest BCUT2D eigenvalue weighted by atomic mass is 10.3. The number of carbonyl (C=O) groups excluding carboxylic acids is 1. The molecular weight excluding hydrogens is 146 g/mol. The Morgan fingerprint density at radius 2 is 2.50 bits per heavy atom. The van der Waals surface area contributed by atoms with Crippen LogP contribution >= 0.6 is 11.3 Å². The van der Waals surface area contributed by atoms with Crippen LogP contribution in [0.5, 0.6) is 0 Å². The first-order chi connectivity index (χ1) is 4.88. The summed E-state index contributed by atoms with van der Waals surface area (Å²) in [6.45, 7) is 0. The molecule has 1 rings (SSSR count). The average molecular weight is 149 g/mol. The molecule has 10 heavy (non-hydrogen) atoms. The van der Waals surface area contributed by atoms with E-state index < -0.39 is 0 Å². The smallest absolute Gasteiger partial charge is 0.153 e. The Balaban J connectivity index is 3.11. The lowest BCUT2D eigenvalue weighted by Gasteiger charge is -1.80. The van der Waals surface area contributed by atoms with Gasteiger partial charge in [0, 0.05) is 0 Å². The quantitative estimate of drug-likeness (QED) is 0.448. The highest BCUT2D eigenvalue weighted by atomic mass is 32.1. The highest BCUT2D eigenvalue weighted by molar-refractivity contribution is 7.11. The summed E-state index contributed by atoms with van der Waals surface area (Å²) in [7, 11) is 0. The Labute approximate surface area is 62.0 Å². The second kappa shape index (κ2) is 2.98. The lowest BCUT2D eigenvalue weighted by molar-refractivity contribution is 0.570. The van der Waals surface area contributed by atoms with E-state index in [4.69, 9.17) is 5.26 Å². The van der Waals surface area contributed by atoms with Crippen molar-refractivity contribution in [3.05, 3.63) is 22.4 Å². The Morgan fingerprint density at radius 1 is 1.70 bits per heavy atom. The number of hydrogen-bond acceptors (Lipinski definition) is 3. The molecule has 0 saturated heterocycles. The maximum atomic E-state index is 10.1. The van der Waals surface area contributed by atoms with Gasteiger partial charge in [0.05, 0.1) is 4.88 Å². The van der Waals surface area contributed by atoms with E-state index in [1.807, 2.05) is 5.38 Å². The lowest BCUT2D eigenvalue weighted by Crippen LogP contribution is -1.72. The summed E-state index contributed by atoms with van der Waals surface area (Å²) in [4.78, 5) is 10.7. The van der Waals surface area contributed by atoms with E-state index in [9.17, 15) is 4.79 Å². The van der Waals surface area contributed by atoms with Gasteiger partial charge in [0.1, 0.15) is 12.0 Å². The molecule has 0 aliphatic rings. The van der Waals surface area contributed by atoms with Crippen LogP contribution in [0.1, 0.15) is 4.88 Å². The zero-order valence-corrected chi connectivity index (χ0v) is 5.81. The van der Waals surface area contributed by atoms with E-state index in [-0.39, 0.29) is 5.57 Å². The predicted molar refractivity (Wildman–Crippen MR) is 39.0 cm³/mol. The molecule has 0 unspecified atom stereocenters. The highest BCUT2D eigenvalue weighted by Gasteiger charge is 1.99. The van der Waals surface area contributed by atoms with Crippen molar-refractivity contribution in [3.8, 4) is 6.07 Å². The maximum absolute atomic E-state index is 10.1. The van der Waals surface area contributed by atoms with Crippen molar-refractivity contribution in [3.63, 3.8) is 0 Å². The van der Waals surface area contributed by atoms with Crippen LogP contribution in [0.2, 0.25) is 0 Å². The van der Waals surface area contributed by atoms with Gasteiger partial charge in [-0.15, -0.1) is 11.3 Å². The van der Waals surface area contributed by atoms with Crippen molar-refractivity contribution < 1.29 is 4.79 Å². The second-order valence-electron chi connectivity index (χ2n) is 1.57. The summed E-state index contributed by atoms with van der Waals surface area (Å²) in [6.07, 6.45) is 0. The molecule has 1 heterocycles. The third-order valence-electron chi connectivity index (χ3n) is 0.981. The van der Waals surface area contributed by atoms with Crippen LogP contribution in [-0.4, -0.2) is 5.94 Å². The first-order valence-electron chi connectivity index (χ1n) is 2.57. The van der Waals surface area contributed by atoms with E-state index >= 15 is 0 Å². The van der Waals surface area contributed by atoms with E-state index in [2.05, 4.69) is 0 Å². The summed E-state index contributed by atoms with van der Waals surface area (Å²) in [5.41, 5.74) is 0.0787. The van der Waals surface area contributed by atoms with Crippen molar-refractivity contribution in [2.75, 3.05) is 0 Å². The van der Waals surface area contributed by atoms with Gasteiger partial charge in [-0.1, -0.05) is 6.07 Å². The Kier molecular flexibility index (Phi) is 2.01. The summed E-state index contributed by atoms with van der Waals surface area (Å²) in [6, 6.07) is 5.26. The van der Waals surface area contributed by atoms with Gasteiger partial charge in [-0.25, -0.2) is 4.79 Å². The number of thiophene rings is 1. The Bertz CT molecular complexity index is 301. The first-order valence-corrected chi connectivity index (χ1v) is 3.45. The molecule has 1 aromatic heterocycles. The van der Waals surface area contributed by atoms with Gasteiger partial charge in [0.25, 0.3) is 0 Å². The van der Waals surface area contributed by atoms with E-state index in [1.165, 1.54) is 11.3 Å². The normalized spacial score (nSPS) is 7.90. The van der Waals surface area contributed by atoms with Crippen LogP contribution < -0.4 is 0 Å². The first kappa shape index (κ1) is 6.76. The molecule has 0 amide bonds. The monoisotopic (exact) mass is 149 g/mol. The molecule has 0 saturated carbocycles. The minimum atomic E-state index is 0.0787. The van der Waals surface area contributed by atoms with E-state index in [0.29, 0.717) is 4.88 Å². The molecule has 3 heteroatoms. The van der Waals surface area contributed by atoms with Gasteiger partial charge in [0.15, 0.2) is 5.57 Å². The van der Waals surface area contributed by atoms with Gasteiger partial charge in [-0.05, 0) is 11.4 Å². The molecule has 0 radical (unpaired) electrons. The molecule has 0 fully saturated rings. The van der Waals surface area contributed by atoms with Gasteiger partial charge < -0.3 is 0 Å². The van der Waals surface area contributed by atoms with Gasteiger partial charge in [0.2, 0.25) is 0 Å². The molecule has 0 N–H and O–H groups in total. The number of allylic oxidation sites excluding steroid dienone is 1. The zero-order valence-electron chi connectivity index (χ0n) is 5.00. The fourth-order valence-corrected chi connectivity index (χ4v) is 1.22.